The molecule has 1 unspecified atom stereocenters. The zero-order chi connectivity index (χ0) is 11.0. The molecule has 84 valence electrons. The summed E-state index contributed by atoms with van der Waals surface area (Å²) in [6, 6.07) is 0.217. The van der Waals surface area contributed by atoms with Crippen LogP contribution in [0.1, 0.15) is 6.42 Å². The van der Waals surface area contributed by atoms with E-state index in [2.05, 4.69) is 35.5 Å². The van der Waals surface area contributed by atoms with Crippen LogP contribution in [-0.2, 0) is 0 Å². The Morgan fingerprint density at radius 1 is 1.44 bits per heavy atom. The van der Waals surface area contributed by atoms with Crippen LogP contribution in [0.3, 0.4) is 0 Å². The van der Waals surface area contributed by atoms with Crippen LogP contribution in [0.25, 0.3) is 11.5 Å². The average molecular weight is 220 g/mol. The van der Waals surface area contributed by atoms with Gasteiger partial charge in [0.2, 0.25) is 5.95 Å². The van der Waals surface area contributed by atoms with E-state index in [1.807, 2.05) is 0 Å². The van der Waals surface area contributed by atoms with Gasteiger partial charge >= 0.3 is 0 Å². The molecule has 0 amide bonds. The minimum atomic E-state index is 0.217. The first-order valence-corrected chi connectivity index (χ1v) is 5.12. The molecule has 0 saturated carbocycles. The minimum Gasteiger partial charge on any atom is -0.338 e. The molecule has 0 spiro atoms. The van der Waals surface area contributed by atoms with Crippen LogP contribution in [0.4, 0.5) is 5.95 Å². The third-order valence-corrected chi connectivity index (χ3v) is 2.64. The number of hydrogen-bond acceptors (Lipinski definition) is 6. The van der Waals surface area contributed by atoms with E-state index in [-0.39, 0.29) is 6.04 Å². The summed E-state index contributed by atoms with van der Waals surface area (Å²) in [6.45, 7) is 1.70. The van der Waals surface area contributed by atoms with Gasteiger partial charge in [-0.2, -0.15) is 20.4 Å². The maximum atomic E-state index is 5.83. The van der Waals surface area contributed by atoms with E-state index in [4.69, 9.17) is 5.73 Å². The van der Waals surface area contributed by atoms with Gasteiger partial charge in [-0.3, -0.25) is 5.10 Å². The molecule has 0 bridgehead atoms. The predicted molar refractivity (Wildman–Crippen MR) is 56.6 cm³/mol. The Hall–Kier alpha value is -1.96. The van der Waals surface area contributed by atoms with Crippen molar-refractivity contribution in [3.05, 3.63) is 6.20 Å². The Kier molecular flexibility index (Phi) is 2.07. The van der Waals surface area contributed by atoms with Gasteiger partial charge in [-0.15, -0.1) is 5.10 Å². The highest BCUT2D eigenvalue weighted by Gasteiger charge is 2.22. The second-order valence-electron chi connectivity index (χ2n) is 3.83. The lowest BCUT2D eigenvalue weighted by Gasteiger charge is -2.11. The lowest BCUT2D eigenvalue weighted by atomic mass is 10.3. The third-order valence-electron chi connectivity index (χ3n) is 2.64. The van der Waals surface area contributed by atoms with Crippen molar-refractivity contribution in [1.29, 1.82) is 0 Å². The van der Waals surface area contributed by atoms with Crippen molar-refractivity contribution in [2.45, 2.75) is 12.5 Å². The van der Waals surface area contributed by atoms with Crippen molar-refractivity contribution < 1.29 is 0 Å². The van der Waals surface area contributed by atoms with Crippen LogP contribution in [0, 0.1) is 0 Å². The Morgan fingerprint density at radius 3 is 3.06 bits per heavy atom. The summed E-state index contributed by atoms with van der Waals surface area (Å²) in [5, 5.41) is 17.2. The first-order valence-electron chi connectivity index (χ1n) is 5.12. The van der Waals surface area contributed by atoms with Crippen molar-refractivity contribution in [3.63, 3.8) is 0 Å². The molecule has 3 rings (SSSR count). The predicted octanol–water partition coefficient (Wildman–Crippen LogP) is -0.873. The fourth-order valence-corrected chi connectivity index (χ4v) is 1.79. The number of H-pyrrole nitrogens is 2. The first-order chi connectivity index (χ1) is 7.83. The molecule has 8 nitrogen and oxygen atoms in total. The van der Waals surface area contributed by atoms with E-state index in [0.717, 1.165) is 19.5 Å². The minimum absolute atomic E-state index is 0.217. The van der Waals surface area contributed by atoms with Gasteiger partial charge in [-0.1, -0.05) is 0 Å². The number of anilines is 1. The molecule has 4 N–H and O–H groups in total. The van der Waals surface area contributed by atoms with Gasteiger partial charge in [0.05, 0.1) is 6.20 Å². The molecule has 3 heterocycles. The summed E-state index contributed by atoms with van der Waals surface area (Å²) in [4.78, 5) is 6.41. The quantitative estimate of drug-likeness (QED) is 0.606. The Labute approximate surface area is 91.2 Å². The summed E-state index contributed by atoms with van der Waals surface area (Å²) in [6.07, 6.45) is 2.58. The fraction of sp³-hybridized carbons (Fsp3) is 0.500. The monoisotopic (exact) mass is 220 g/mol. The van der Waals surface area contributed by atoms with Gasteiger partial charge in [0.15, 0.2) is 5.82 Å². The van der Waals surface area contributed by atoms with Crippen molar-refractivity contribution in [1.82, 2.24) is 30.6 Å². The zero-order valence-corrected chi connectivity index (χ0v) is 8.59. The van der Waals surface area contributed by atoms with Crippen LogP contribution in [0.15, 0.2) is 6.20 Å². The van der Waals surface area contributed by atoms with Gasteiger partial charge in [0.1, 0.15) is 5.69 Å². The van der Waals surface area contributed by atoms with Gasteiger partial charge in [-0.25, -0.2) is 0 Å². The second kappa shape index (κ2) is 3.56. The van der Waals surface area contributed by atoms with E-state index >= 15 is 0 Å². The van der Waals surface area contributed by atoms with Crippen molar-refractivity contribution >= 4 is 5.95 Å². The number of aromatic nitrogens is 6. The van der Waals surface area contributed by atoms with E-state index in [9.17, 15) is 0 Å². The van der Waals surface area contributed by atoms with Gasteiger partial charge in [0.25, 0.3) is 0 Å². The number of rotatable bonds is 2. The molecule has 0 aliphatic carbocycles. The standard InChI is InChI=1S/C8H12N8/c9-5-1-2-16(4-5)8-11-7(13-14-8)6-3-10-15-12-6/h3,5H,1-2,4,9H2,(H,10,12,15)(H,11,13,14). The lowest BCUT2D eigenvalue weighted by Crippen LogP contribution is -2.26. The van der Waals surface area contributed by atoms with Crippen molar-refractivity contribution in [2.75, 3.05) is 18.0 Å². The fourth-order valence-electron chi connectivity index (χ4n) is 1.79. The largest absolute Gasteiger partial charge is 0.338 e. The highest BCUT2D eigenvalue weighted by molar-refractivity contribution is 5.49. The van der Waals surface area contributed by atoms with E-state index in [1.54, 1.807) is 6.20 Å². The molecule has 1 saturated heterocycles. The summed E-state index contributed by atoms with van der Waals surface area (Å²) in [5.41, 5.74) is 6.48. The number of nitrogens with two attached hydrogens (primary N) is 1. The third kappa shape index (κ3) is 1.52. The normalized spacial score (nSPS) is 20.6. The van der Waals surface area contributed by atoms with Crippen LogP contribution in [0.2, 0.25) is 0 Å². The van der Waals surface area contributed by atoms with Gasteiger partial charge in [-0.05, 0) is 6.42 Å². The van der Waals surface area contributed by atoms with Crippen LogP contribution >= 0.6 is 0 Å². The molecule has 0 aromatic carbocycles. The number of nitrogens with one attached hydrogen (secondary N) is 2. The Bertz CT molecular complexity index is 460. The maximum Gasteiger partial charge on any atom is 0.245 e. The molecule has 1 atom stereocenters. The summed E-state index contributed by atoms with van der Waals surface area (Å²) in [7, 11) is 0. The molecule has 0 radical (unpaired) electrons. The number of aromatic amines is 2. The Morgan fingerprint density at radius 2 is 2.38 bits per heavy atom. The first kappa shape index (κ1) is 9.28. The highest BCUT2D eigenvalue weighted by Crippen LogP contribution is 2.17. The molecule has 1 aliphatic rings. The molecule has 1 fully saturated rings. The van der Waals surface area contributed by atoms with Crippen LogP contribution in [-0.4, -0.2) is 49.7 Å². The van der Waals surface area contributed by atoms with Crippen LogP contribution in [0.5, 0.6) is 0 Å². The molecule has 8 heteroatoms. The Balaban J connectivity index is 1.83. The molecule has 1 aliphatic heterocycles. The molecule has 2 aromatic heterocycles. The summed E-state index contributed by atoms with van der Waals surface area (Å²) >= 11 is 0. The van der Waals surface area contributed by atoms with E-state index in [1.165, 1.54) is 0 Å². The number of nitrogens with zero attached hydrogens (tertiary/aromatic N) is 5. The van der Waals surface area contributed by atoms with Gasteiger partial charge < -0.3 is 10.6 Å². The molecule has 2 aromatic rings. The molecular weight excluding hydrogens is 208 g/mol. The molecule has 16 heavy (non-hydrogen) atoms. The molecular formula is C8H12N8. The van der Waals surface area contributed by atoms with Crippen LogP contribution < -0.4 is 10.6 Å². The van der Waals surface area contributed by atoms with Crippen molar-refractivity contribution in [3.8, 4) is 11.5 Å². The average Bonchev–Trinajstić information content (AvgIpc) is 2.97. The van der Waals surface area contributed by atoms with Crippen molar-refractivity contribution in [2.24, 2.45) is 5.73 Å². The van der Waals surface area contributed by atoms with Gasteiger partial charge in [0, 0.05) is 19.1 Å². The SMILES string of the molecule is NC1CCN(c2n[nH]c(-c3cn[nH]n3)n2)C1. The summed E-state index contributed by atoms with van der Waals surface area (Å²) in [5.74, 6) is 1.29. The van der Waals surface area contributed by atoms with E-state index < -0.39 is 0 Å². The lowest BCUT2D eigenvalue weighted by molar-refractivity contribution is 0.750. The zero-order valence-electron chi connectivity index (χ0n) is 8.59. The smallest absolute Gasteiger partial charge is 0.245 e. The van der Waals surface area contributed by atoms with E-state index in [0.29, 0.717) is 17.5 Å². The highest BCUT2D eigenvalue weighted by atomic mass is 15.4. The second-order valence-corrected chi connectivity index (χ2v) is 3.83. The maximum absolute atomic E-state index is 5.83. The topological polar surface area (TPSA) is 112 Å². The summed E-state index contributed by atoms with van der Waals surface area (Å²) < 4.78 is 0. The number of hydrogen-bond donors (Lipinski definition) is 3.